The van der Waals surface area contributed by atoms with E-state index in [1.165, 1.54) is 10.6 Å². The zero-order valence-electron chi connectivity index (χ0n) is 9.47. The Balaban J connectivity index is 1.92. The fourth-order valence-electron chi connectivity index (χ4n) is 1.46. The Kier molecular flexibility index (Phi) is 3.51. The molecule has 0 spiro atoms. The molecule has 3 nitrogen and oxygen atoms in total. The van der Waals surface area contributed by atoms with E-state index in [1.807, 2.05) is 23.8 Å². The van der Waals surface area contributed by atoms with Crippen molar-refractivity contribution in [3.05, 3.63) is 40.5 Å². The van der Waals surface area contributed by atoms with Gasteiger partial charge in [0.05, 0.1) is 5.01 Å². The van der Waals surface area contributed by atoms with Gasteiger partial charge < -0.3 is 5.32 Å². The second kappa shape index (κ2) is 5.07. The van der Waals surface area contributed by atoms with Crippen LogP contribution in [0.4, 0.5) is 5.82 Å². The molecule has 0 radical (unpaired) electrons. The van der Waals surface area contributed by atoms with Gasteiger partial charge in [0.15, 0.2) is 0 Å². The predicted octanol–water partition coefficient (Wildman–Crippen LogP) is 3.06. The summed E-state index contributed by atoms with van der Waals surface area (Å²) in [5.74, 6) is 1.35. The second-order valence-corrected chi connectivity index (χ2v) is 4.80. The van der Waals surface area contributed by atoms with Gasteiger partial charge >= 0.3 is 0 Å². The lowest BCUT2D eigenvalue weighted by Crippen LogP contribution is -2.10. The summed E-state index contributed by atoms with van der Waals surface area (Å²) < 4.78 is 0. The molecule has 2 heterocycles. The molecule has 1 unspecified atom stereocenters. The molecule has 84 valence electrons. The van der Waals surface area contributed by atoms with Gasteiger partial charge in [-0.05, 0) is 24.6 Å². The largest absolute Gasteiger partial charge is 0.369 e. The SMILES string of the molecule is Cc1ccnc(NCC(C)c2nccs2)c1. The van der Waals surface area contributed by atoms with Gasteiger partial charge in [-0.1, -0.05) is 6.92 Å². The Morgan fingerprint density at radius 3 is 2.94 bits per heavy atom. The highest BCUT2D eigenvalue weighted by molar-refractivity contribution is 7.09. The highest BCUT2D eigenvalue weighted by atomic mass is 32.1. The molecule has 1 atom stereocenters. The van der Waals surface area contributed by atoms with Crippen LogP contribution in [0, 0.1) is 6.92 Å². The first kappa shape index (κ1) is 11.1. The molecule has 0 amide bonds. The van der Waals surface area contributed by atoms with Gasteiger partial charge in [0.1, 0.15) is 5.82 Å². The molecule has 0 fully saturated rings. The zero-order chi connectivity index (χ0) is 11.4. The summed E-state index contributed by atoms with van der Waals surface area (Å²) in [5.41, 5.74) is 1.22. The summed E-state index contributed by atoms with van der Waals surface area (Å²) in [4.78, 5) is 8.57. The standard InChI is InChI=1S/C12H15N3S/c1-9-3-4-13-11(7-9)15-8-10(2)12-14-5-6-16-12/h3-7,10H,8H2,1-2H3,(H,13,15). The number of nitrogens with zero attached hydrogens (tertiary/aromatic N) is 2. The highest BCUT2D eigenvalue weighted by Crippen LogP contribution is 2.18. The second-order valence-electron chi connectivity index (χ2n) is 3.87. The van der Waals surface area contributed by atoms with Gasteiger partial charge in [0.25, 0.3) is 0 Å². The molecule has 4 heteroatoms. The molecule has 0 saturated carbocycles. The molecule has 0 aromatic carbocycles. The van der Waals surface area contributed by atoms with Crippen molar-refractivity contribution in [1.82, 2.24) is 9.97 Å². The van der Waals surface area contributed by atoms with Crippen molar-refractivity contribution in [3.63, 3.8) is 0 Å². The van der Waals surface area contributed by atoms with Crippen molar-refractivity contribution in [2.75, 3.05) is 11.9 Å². The third kappa shape index (κ3) is 2.79. The Labute approximate surface area is 99.6 Å². The van der Waals surface area contributed by atoms with E-state index in [0.717, 1.165) is 12.4 Å². The topological polar surface area (TPSA) is 37.8 Å². The quantitative estimate of drug-likeness (QED) is 0.882. The molecule has 2 aromatic heterocycles. The number of aryl methyl sites for hydroxylation is 1. The van der Waals surface area contributed by atoms with E-state index >= 15 is 0 Å². The van der Waals surface area contributed by atoms with Gasteiger partial charge in [0, 0.05) is 30.2 Å². The van der Waals surface area contributed by atoms with Crippen LogP contribution in [0.5, 0.6) is 0 Å². The third-order valence-electron chi connectivity index (χ3n) is 2.38. The minimum atomic E-state index is 0.419. The smallest absolute Gasteiger partial charge is 0.126 e. The maximum Gasteiger partial charge on any atom is 0.126 e. The van der Waals surface area contributed by atoms with Crippen molar-refractivity contribution in [1.29, 1.82) is 0 Å². The van der Waals surface area contributed by atoms with Crippen LogP contribution in [-0.4, -0.2) is 16.5 Å². The Hall–Kier alpha value is -1.42. The summed E-state index contributed by atoms with van der Waals surface area (Å²) in [6.45, 7) is 5.10. The summed E-state index contributed by atoms with van der Waals surface area (Å²) in [6.07, 6.45) is 3.67. The fraction of sp³-hybridized carbons (Fsp3) is 0.333. The van der Waals surface area contributed by atoms with Crippen LogP contribution >= 0.6 is 11.3 Å². The molecule has 0 aliphatic heterocycles. The highest BCUT2D eigenvalue weighted by Gasteiger charge is 2.07. The lowest BCUT2D eigenvalue weighted by molar-refractivity contribution is 0.792. The monoisotopic (exact) mass is 233 g/mol. The van der Waals surface area contributed by atoms with E-state index in [1.54, 1.807) is 11.3 Å². The number of nitrogens with one attached hydrogen (secondary N) is 1. The summed E-state index contributed by atoms with van der Waals surface area (Å²) in [6, 6.07) is 4.05. The van der Waals surface area contributed by atoms with Gasteiger partial charge in [-0.2, -0.15) is 0 Å². The molecular weight excluding hydrogens is 218 g/mol. The van der Waals surface area contributed by atoms with Gasteiger partial charge in [-0.15, -0.1) is 11.3 Å². The Bertz CT molecular complexity index is 439. The van der Waals surface area contributed by atoms with Crippen molar-refractivity contribution in [3.8, 4) is 0 Å². The van der Waals surface area contributed by atoms with Crippen LogP contribution in [0.3, 0.4) is 0 Å². The number of hydrogen-bond acceptors (Lipinski definition) is 4. The molecule has 0 saturated heterocycles. The summed E-state index contributed by atoms with van der Waals surface area (Å²) >= 11 is 1.70. The Morgan fingerprint density at radius 1 is 1.38 bits per heavy atom. The number of rotatable bonds is 4. The van der Waals surface area contributed by atoms with Gasteiger partial charge in [0.2, 0.25) is 0 Å². The molecule has 2 rings (SSSR count). The first-order valence-corrected chi connectivity index (χ1v) is 6.19. The minimum absolute atomic E-state index is 0.419. The third-order valence-corrected chi connectivity index (χ3v) is 3.38. The maximum atomic E-state index is 4.30. The van der Waals surface area contributed by atoms with E-state index in [4.69, 9.17) is 0 Å². The number of hydrogen-bond donors (Lipinski definition) is 1. The number of thiazole rings is 1. The molecule has 1 N–H and O–H groups in total. The van der Waals surface area contributed by atoms with Crippen LogP contribution in [-0.2, 0) is 0 Å². The first-order chi connectivity index (χ1) is 7.75. The number of aromatic nitrogens is 2. The van der Waals surface area contributed by atoms with E-state index in [-0.39, 0.29) is 0 Å². The van der Waals surface area contributed by atoms with Crippen molar-refractivity contribution in [2.45, 2.75) is 19.8 Å². The van der Waals surface area contributed by atoms with E-state index < -0.39 is 0 Å². The average Bonchev–Trinajstić information content (AvgIpc) is 2.79. The summed E-state index contributed by atoms with van der Waals surface area (Å²) in [5, 5.41) is 6.51. The van der Waals surface area contributed by atoms with Crippen molar-refractivity contribution in [2.24, 2.45) is 0 Å². The van der Waals surface area contributed by atoms with E-state index in [0.29, 0.717) is 5.92 Å². The van der Waals surface area contributed by atoms with Crippen LogP contribution in [0.15, 0.2) is 29.9 Å². The van der Waals surface area contributed by atoms with Gasteiger partial charge in [-0.3, -0.25) is 0 Å². The molecule has 0 aliphatic rings. The number of anilines is 1. The average molecular weight is 233 g/mol. The molecule has 16 heavy (non-hydrogen) atoms. The Morgan fingerprint density at radius 2 is 2.25 bits per heavy atom. The normalized spacial score (nSPS) is 12.4. The molecule has 2 aromatic rings. The van der Waals surface area contributed by atoms with Crippen molar-refractivity contribution < 1.29 is 0 Å². The number of pyridine rings is 1. The fourth-order valence-corrected chi connectivity index (χ4v) is 2.15. The van der Waals surface area contributed by atoms with E-state index in [2.05, 4.69) is 35.2 Å². The first-order valence-electron chi connectivity index (χ1n) is 5.31. The predicted molar refractivity (Wildman–Crippen MR) is 68.0 cm³/mol. The zero-order valence-corrected chi connectivity index (χ0v) is 10.3. The van der Waals surface area contributed by atoms with Crippen LogP contribution < -0.4 is 5.32 Å². The van der Waals surface area contributed by atoms with Crippen molar-refractivity contribution >= 4 is 17.2 Å². The molecular formula is C12H15N3S. The van der Waals surface area contributed by atoms with E-state index in [9.17, 15) is 0 Å². The maximum absolute atomic E-state index is 4.30. The molecule has 0 aliphatic carbocycles. The lowest BCUT2D eigenvalue weighted by Gasteiger charge is -2.10. The minimum Gasteiger partial charge on any atom is -0.369 e. The van der Waals surface area contributed by atoms with Crippen LogP contribution in [0.2, 0.25) is 0 Å². The lowest BCUT2D eigenvalue weighted by atomic mass is 10.2. The summed E-state index contributed by atoms with van der Waals surface area (Å²) in [7, 11) is 0. The van der Waals surface area contributed by atoms with Crippen LogP contribution in [0.25, 0.3) is 0 Å². The van der Waals surface area contributed by atoms with Crippen LogP contribution in [0.1, 0.15) is 23.4 Å². The molecule has 0 bridgehead atoms. The van der Waals surface area contributed by atoms with Gasteiger partial charge in [-0.25, -0.2) is 9.97 Å².